The van der Waals surface area contributed by atoms with Gasteiger partial charge in [0.15, 0.2) is 0 Å². The van der Waals surface area contributed by atoms with Gasteiger partial charge in [0.1, 0.15) is 5.84 Å². The Hall–Kier alpha value is -2.05. The van der Waals surface area contributed by atoms with Gasteiger partial charge in [0.05, 0.1) is 11.8 Å². The number of primary amides is 1. The van der Waals surface area contributed by atoms with Crippen LogP contribution in [0.5, 0.6) is 0 Å². The molecule has 7 heteroatoms. The predicted molar refractivity (Wildman–Crippen MR) is 58.7 cm³/mol. The highest BCUT2D eigenvalue weighted by Gasteiger charge is 2.16. The van der Waals surface area contributed by atoms with E-state index < -0.39 is 17.9 Å². The van der Waals surface area contributed by atoms with E-state index in [0.717, 1.165) is 0 Å². The standard InChI is InChI=1S/C9H16N4O3/c1-5(14)4-6(9(11)12)13-8(16)3-2-7(10)15/h6,14H,1-4H2,(H2,10,15)(H3,11,12)(H,13,16)/t6-/m0/s1. The number of amides is 2. The Kier molecular flexibility index (Phi) is 5.61. The molecule has 7 N–H and O–H groups in total. The van der Waals surface area contributed by atoms with Gasteiger partial charge in [-0.25, -0.2) is 0 Å². The lowest BCUT2D eigenvalue weighted by Crippen LogP contribution is -2.44. The quantitative estimate of drug-likeness (QED) is 0.219. The zero-order valence-corrected chi connectivity index (χ0v) is 8.82. The molecule has 0 aromatic carbocycles. The van der Waals surface area contributed by atoms with Gasteiger partial charge in [0.2, 0.25) is 11.8 Å². The van der Waals surface area contributed by atoms with Crippen LogP contribution in [0.1, 0.15) is 19.3 Å². The molecule has 0 aliphatic heterocycles. The van der Waals surface area contributed by atoms with Crippen molar-refractivity contribution in [1.29, 1.82) is 5.41 Å². The molecule has 0 rings (SSSR count). The van der Waals surface area contributed by atoms with Crippen LogP contribution in [0.4, 0.5) is 0 Å². The number of aliphatic hydroxyl groups excluding tert-OH is 1. The zero-order valence-electron chi connectivity index (χ0n) is 8.82. The van der Waals surface area contributed by atoms with Crippen molar-refractivity contribution in [2.45, 2.75) is 25.3 Å². The van der Waals surface area contributed by atoms with Crippen LogP contribution >= 0.6 is 0 Å². The Morgan fingerprint density at radius 3 is 2.31 bits per heavy atom. The van der Waals surface area contributed by atoms with Gasteiger partial charge in [-0.05, 0) is 0 Å². The molecular formula is C9H16N4O3. The summed E-state index contributed by atoms with van der Waals surface area (Å²) in [5.41, 5.74) is 10.1. The minimum Gasteiger partial charge on any atom is -0.513 e. The Bertz CT molecular complexity index is 314. The van der Waals surface area contributed by atoms with Gasteiger partial charge in [-0.2, -0.15) is 0 Å². The number of nitrogens with one attached hydrogen (secondary N) is 2. The summed E-state index contributed by atoms with van der Waals surface area (Å²) in [4.78, 5) is 21.7. The van der Waals surface area contributed by atoms with Crippen molar-refractivity contribution in [1.82, 2.24) is 5.32 Å². The van der Waals surface area contributed by atoms with Crippen molar-refractivity contribution < 1.29 is 14.7 Å². The van der Waals surface area contributed by atoms with Crippen LogP contribution < -0.4 is 16.8 Å². The lowest BCUT2D eigenvalue weighted by Gasteiger charge is -2.16. The number of amidine groups is 1. The van der Waals surface area contributed by atoms with Crippen molar-refractivity contribution >= 4 is 17.6 Å². The minimum absolute atomic E-state index is 0.0301. The highest BCUT2D eigenvalue weighted by atomic mass is 16.3. The van der Waals surface area contributed by atoms with Crippen molar-refractivity contribution in [3.05, 3.63) is 12.3 Å². The monoisotopic (exact) mass is 228 g/mol. The Labute approximate surface area is 93.0 Å². The smallest absolute Gasteiger partial charge is 0.221 e. The van der Waals surface area contributed by atoms with Crippen LogP contribution in [0.3, 0.4) is 0 Å². The fourth-order valence-electron chi connectivity index (χ4n) is 0.978. The Balaban J connectivity index is 4.18. The average Bonchev–Trinajstić information content (AvgIpc) is 2.12. The first kappa shape index (κ1) is 13.9. The number of nitrogens with two attached hydrogens (primary N) is 2. The van der Waals surface area contributed by atoms with E-state index in [1.807, 2.05) is 0 Å². The first-order chi connectivity index (χ1) is 7.32. The van der Waals surface area contributed by atoms with Crippen molar-refractivity contribution in [2.75, 3.05) is 0 Å². The molecule has 0 aromatic heterocycles. The molecule has 0 saturated heterocycles. The van der Waals surface area contributed by atoms with Crippen LogP contribution in [0.15, 0.2) is 12.3 Å². The molecule has 0 saturated carbocycles. The van der Waals surface area contributed by atoms with E-state index in [4.69, 9.17) is 22.0 Å². The second kappa shape index (κ2) is 6.44. The molecule has 0 heterocycles. The molecule has 0 spiro atoms. The normalized spacial score (nSPS) is 11.5. The molecule has 0 bridgehead atoms. The Morgan fingerprint density at radius 2 is 1.94 bits per heavy atom. The summed E-state index contributed by atoms with van der Waals surface area (Å²) < 4.78 is 0. The maximum atomic E-state index is 11.3. The third-order valence-electron chi connectivity index (χ3n) is 1.75. The molecule has 0 aliphatic rings. The number of carbonyl (C=O) groups is 2. The summed E-state index contributed by atoms with van der Waals surface area (Å²) in [6, 6.07) is -0.808. The molecular weight excluding hydrogens is 212 g/mol. The number of aliphatic hydroxyl groups is 1. The predicted octanol–water partition coefficient (Wildman–Crippen LogP) is -0.866. The fourth-order valence-corrected chi connectivity index (χ4v) is 0.978. The van der Waals surface area contributed by atoms with Gasteiger partial charge in [-0.15, -0.1) is 0 Å². The molecule has 0 aromatic rings. The van der Waals surface area contributed by atoms with E-state index in [0.29, 0.717) is 0 Å². The van der Waals surface area contributed by atoms with Crippen molar-refractivity contribution in [2.24, 2.45) is 11.5 Å². The molecule has 0 unspecified atom stereocenters. The van der Waals surface area contributed by atoms with Gasteiger partial charge in [0, 0.05) is 19.3 Å². The summed E-state index contributed by atoms with van der Waals surface area (Å²) in [7, 11) is 0. The summed E-state index contributed by atoms with van der Waals surface area (Å²) >= 11 is 0. The minimum atomic E-state index is -0.808. The maximum absolute atomic E-state index is 11.3. The topological polar surface area (TPSA) is 142 Å². The third kappa shape index (κ3) is 6.41. The van der Waals surface area contributed by atoms with Crippen LogP contribution in [0.2, 0.25) is 0 Å². The molecule has 0 radical (unpaired) electrons. The van der Waals surface area contributed by atoms with Gasteiger partial charge < -0.3 is 21.9 Å². The molecule has 1 atom stereocenters. The van der Waals surface area contributed by atoms with E-state index in [1.54, 1.807) is 0 Å². The molecule has 2 amide bonds. The van der Waals surface area contributed by atoms with Crippen LogP contribution in [-0.4, -0.2) is 28.8 Å². The zero-order chi connectivity index (χ0) is 12.7. The highest BCUT2D eigenvalue weighted by Crippen LogP contribution is 2.00. The molecule has 16 heavy (non-hydrogen) atoms. The van der Waals surface area contributed by atoms with Gasteiger partial charge in [-0.3, -0.25) is 15.0 Å². The van der Waals surface area contributed by atoms with E-state index in [1.165, 1.54) is 0 Å². The SMILES string of the molecule is C=C(O)C[C@H](NC(=O)CCC(N)=O)C(=N)N. The van der Waals surface area contributed by atoms with E-state index >= 15 is 0 Å². The van der Waals surface area contributed by atoms with E-state index in [9.17, 15) is 9.59 Å². The second-order valence-electron chi connectivity index (χ2n) is 3.31. The van der Waals surface area contributed by atoms with Gasteiger partial charge in [0.25, 0.3) is 0 Å². The number of carbonyl (C=O) groups excluding carboxylic acids is 2. The molecule has 0 fully saturated rings. The number of hydrogen-bond acceptors (Lipinski definition) is 4. The lowest BCUT2D eigenvalue weighted by atomic mass is 10.1. The summed E-state index contributed by atoms with van der Waals surface area (Å²) in [6.45, 7) is 3.24. The second-order valence-corrected chi connectivity index (χ2v) is 3.31. The first-order valence-electron chi connectivity index (χ1n) is 4.61. The van der Waals surface area contributed by atoms with Gasteiger partial charge in [-0.1, -0.05) is 6.58 Å². The molecule has 7 nitrogen and oxygen atoms in total. The molecule has 0 aliphatic carbocycles. The van der Waals surface area contributed by atoms with Crippen molar-refractivity contribution in [3.63, 3.8) is 0 Å². The highest BCUT2D eigenvalue weighted by molar-refractivity contribution is 5.89. The van der Waals surface area contributed by atoms with E-state index in [2.05, 4.69) is 11.9 Å². The Morgan fingerprint density at radius 1 is 1.38 bits per heavy atom. The largest absolute Gasteiger partial charge is 0.513 e. The summed E-state index contributed by atoms with van der Waals surface area (Å²) in [5, 5.41) is 18.5. The number of rotatable bonds is 7. The van der Waals surface area contributed by atoms with Crippen LogP contribution in [-0.2, 0) is 9.59 Å². The van der Waals surface area contributed by atoms with Crippen molar-refractivity contribution in [3.8, 4) is 0 Å². The summed E-state index contributed by atoms with van der Waals surface area (Å²) in [5.74, 6) is -1.51. The fraction of sp³-hybridized carbons (Fsp3) is 0.444. The van der Waals surface area contributed by atoms with Gasteiger partial charge >= 0.3 is 0 Å². The lowest BCUT2D eigenvalue weighted by molar-refractivity contribution is -0.125. The summed E-state index contributed by atoms with van der Waals surface area (Å²) in [6.07, 6.45) is -0.175. The average molecular weight is 228 g/mol. The van der Waals surface area contributed by atoms with Crippen LogP contribution in [0.25, 0.3) is 0 Å². The number of hydrogen-bond donors (Lipinski definition) is 5. The first-order valence-corrected chi connectivity index (χ1v) is 4.61. The maximum Gasteiger partial charge on any atom is 0.221 e. The van der Waals surface area contributed by atoms with Crippen LogP contribution in [0, 0.1) is 5.41 Å². The molecule has 90 valence electrons. The van der Waals surface area contributed by atoms with E-state index in [-0.39, 0.29) is 30.9 Å². The third-order valence-corrected chi connectivity index (χ3v) is 1.75.